The number of nitrogens with zero attached hydrogens (tertiary/aromatic N) is 4. The Morgan fingerprint density at radius 1 is 0.159 bits per heavy atom. The first-order valence-electron chi connectivity index (χ1n) is 48.6. The molecule has 0 N–H and O–H groups in total. The first-order valence-corrected chi connectivity index (χ1v) is 48.6. The van der Waals surface area contributed by atoms with E-state index in [1.807, 2.05) is 0 Å². The molecular formula is C134H100N4. The molecular weight excluding hydrogens is 1670 g/mol. The van der Waals surface area contributed by atoms with Crippen LogP contribution in [0.2, 0.25) is 0 Å². The van der Waals surface area contributed by atoms with Crippen molar-refractivity contribution in [3.8, 4) is 122 Å². The maximum atomic E-state index is 2.54. The smallest absolute Gasteiger partial charge is 0.0540 e. The molecule has 4 nitrogen and oxygen atoms in total. The zero-order valence-corrected chi connectivity index (χ0v) is 78.7. The van der Waals surface area contributed by atoms with Gasteiger partial charge in [0.25, 0.3) is 0 Å². The molecule has 2 heterocycles. The lowest BCUT2D eigenvalue weighted by atomic mass is 9.82. The minimum Gasteiger partial charge on any atom is -0.310 e. The zero-order chi connectivity index (χ0) is 92.6. The normalized spacial score (nSPS) is 14.1. The van der Waals surface area contributed by atoms with Crippen LogP contribution in [-0.4, -0.2) is 0 Å². The second-order valence-corrected chi connectivity index (χ2v) is 40.1. The fourth-order valence-corrected chi connectivity index (χ4v) is 24.5. The van der Waals surface area contributed by atoms with Crippen molar-refractivity contribution in [1.29, 1.82) is 0 Å². The summed E-state index contributed by atoms with van der Waals surface area (Å²) in [6.45, 7) is 18.9. The van der Waals surface area contributed by atoms with Crippen molar-refractivity contribution >= 4 is 89.8 Å². The van der Waals surface area contributed by atoms with Crippen molar-refractivity contribution in [3.05, 3.63) is 506 Å². The van der Waals surface area contributed by atoms with E-state index in [-0.39, 0.29) is 21.7 Å². The van der Waals surface area contributed by atoms with Gasteiger partial charge in [-0.15, -0.1) is 0 Å². The molecule has 0 saturated carbocycles. The maximum Gasteiger partial charge on any atom is 0.0540 e. The van der Waals surface area contributed by atoms with Crippen molar-refractivity contribution < 1.29 is 0 Å². The molecule has 0 atom stereocenters. The van der Waals surface area contributed by atoms with Gasteiger partial charge < -0.3 is 19.6 Å². The monoisotopic (exact) mass is 1760 g/mol. The van der Waals surface area contributed by atoms with Crippen LogP contribution in [0.1, 0.15) is 99.9 Å². The Morgan fingerprint density at radius 2 is 0.428 bits per heavy atom. The van der Waals surface area contributed by atoms with E-state index in [0.717, 1.165) is 68.2 Å². The summed E-state index contributed by atoms with van der Waals surface area (Å²) < 4.78 is 0. The van der Waals surface area contributed by atoms with Gasteiger partial charge in [-0.3, -0.25) is 0 Å². The van der Waals surface area contributed by atoms with E-state index in [4.69, 9.17) is 0 Å². The van der Waals surface area contributed by atoms with E-state index in [9.17, 15) is 0 Å². The van der Waals surface area contributed by atoms with Gasteiger partial charge >= 0.3 is 0 Å². The number of anilines is 12. The highest BCUT2D eigenvalue weighted by Gasteiger charge is 2.42. The summed E-state index contributed by atoms with van der Waals surface area (Å²) in [5, 5.41) is 4.88. The second-order valence-electron chi connectivity index (χ2n) is 40.1. The summed E-state index contributed by atoms with van der Waals surface area (Å²) in [6.07, 6.45) is 0. The van der Waals surface area contributed by atoms with Gasteiger partial charge in [-0.2, -0.15) is 0 Å². The Hall–Kier alpha value is -16.7. The highest BCUT2D eigenvalue weighted by Crippen LogP contribution is 2.62. The molecule has 0 fully saturated rings. The number of hydrogen-bond acceptors (Lipinski definition) is 4. The van der Waals surface area contributed by atoms with Gasteiger partial charge in [0.1, 0.15) is 0 Å². The maximum absolute atomic E-state index is 2.54. The molecule has 138 heavy (non-hydrogen) atoms. The summed E-state index contributed by atoms with van der Waals surface area (Å²) in [5.74, 6) is 0. The Morgan fingerprint density at radius 3 is 0.804 bits per heavy atom. The molecule has 0 radical (unpaired) electrons. The lowest BCUT2D eigenvalue weighted by Gasteiger charge is -2.34. The summed E-state index contributed by atoms with van der Waals surface area (Å²) in [5.41, 5.74) is 51.5. The molecule has 27 rings (SSSR count). The van der Waals surface area contributed by atoms with Crippen LogP contribution in [0.15, 0.2) is 461 Å². The van der Waals surface area contributed by atoms with Crippen LogP contribution in [0.3, 0.4) is 0 Å². The van der Waals surface area contributed by atoms with Gasteiger partial charge in [0, 0.05) is 88.8 Å². The first-order chi connectivity index (χ1) is 67.5. The molecule has 2 aliphatic heterocycles. The Kier molecular flexibility index (Phi) is 18.7. The largest absolute Gasteiger partial charge is 0.310 e. The lowest BCUT2D eigenvalue weighted by molar-refractivity contribution is 0.660. The van der Waals surface area contributed by atoms with Gasteiger partial charge in [0.05, 0.1) is 34.1 Å². The highest BCUT2D eigenvalue weighted by molar-refractivity contribution is 6.19. The van der Waals surface area contributed by atoms with E-state index >= 15 is 0 Å². The van der Waals surface area contributed by atoms with Crippen molar-refractivity contribution in [2.45, 2.75) is 77.0 Å². The van der Waals surface area contributed by atoms with Gasteiger partial charge in [0.15, 0.2) is 0 Å². The number of hydrogen-bond donors (Lipinski definition) is 0. The molecule has 0 spiro atoms. The zero-order valence-electron chi connectivity index (χ0n) is 78.7. The van der Waals surface area contributed by atoms with Crippen LogP contribution in [0.25, 0.3) is 144 Å². The highest BCUT2D eigenvalue weighted by atomic mass is 15.2. The number of rotatable bonds is 11. The third-order valence-corrected chi connectivity index (χ3v) is 31.2. The second kappa shape index (κ2) is 31.5. The van der Waals surface area contributed by atoms with Crippen LogP contribution in [0.4, 0.5) is 68.2 Å². The molecule has 0 bridgehead atoms. The fourth-order valence-electron chi connectivity index (χ4n) is 24.5. The minimum atomic E-state index is -0.178. The average molecular weight is 1770 g/mol. The fraction of sp³-hybridized carbons (Fsp3) is 0.0896. The van der Waals surface area contributed by atoms with Crippen LogP contribution in [0.5, 0.6) is 0 Å². The third-order valence-electron chi connectivity index (χ3n) is 31.2. The minimum absolute atomic E-state index is 0.0678. The van der Waals surface area contributed by atoms with Crippen molar-refractivity contribution in [1.82, 2.24) is 0 Å². The van der Waals surface area contributed by atoms with E-state index < -0.39 is 0 Å². The van der Waals surface area contributed by atoms with Gasteiger partial charge in [-0.05, 0) is 271 Å². The summed E-state index contributed by atoms with van der Waals surface area (Å²) in [7, 11) is 0. The molecule has 4 aliphatic carbocycles. The third kappa shape index (κ3) is 12.7. The van der Waals surface area contributed by atoms with Gasteiger partial charge in [-0.1, -0.05) is 401 Å². The van der Waals surface area contributed by atoms with Crippen molar-refractivity contribution in [2.24, 2.45) is 0 Å². The topological polar surface area (TPSA) is 13.0 Å². The number of fused-ring (bicyclic) bond motifs is 20. The average Bonchev–Trinajstić information content (AvgIpc) is 1.08. The molecule has 0 unspecified atom stereocenters. The van der Waals surface area contributed by atoms with Crippen LogP contribution >= 0.6 is 0 Å². The summed E-state index contributed by atoms with van der Waals surface area (Å²) in [4.78, 5) is 10.0. The molecule has 0 aromatic heterocycles. The molecule has 21 aromatic carbocycles. The van der Waals surface area contributed by atoms with Crippen LogP contribution in [-0.2, 0) is 21.7 Å². The molecule has 6 aliphatic rings. The lowest BCUT2D eigenvalue weighted by Crippen LogP contribution is -2.17. The van der Waals surface area contributed by atoms with E-state index in [0.29, 0.717) is 0 Å². The summed E-state index contributed by atoms with van der Waals surface area (Å²) in [6, 6.07) is 172. The van der Waals surface area contributed by atoms with E-state index in [1.54, 1.807) is 0 Å². The summed E-state index contributed by atoms with van der Waals surface area (Å²) >= 11 is 0. The van der Waals surface area contributed by atoms with Crippen LogP contribution in [0, 0.1) is 0 Å². The molecule has 0 saturated heterocycles. The predicted octanol–water partition coefficient (Wildman–Crippen LogP) is 37.1. The van der Waals surface area contributed by atoms with E-state index in [2.05, 4.69) is 536 Å². The van der Waals surface area contributed by atoms with Crippen molar-refractivity contribution in [3.63, 3.8) is 0 Å². The number of para-hydroxylation sites is 4. The van der Waals surface area contributed by atoms with Crippen LogP contribution < -0.4 is 19.6 Å². The first kappa shape index (κ1) is 82.1. The Labute approximate surface area is 808 Å². The van der Waals surface area contributed by atoms with E-state index in [1.165, 1.54) is 188 Å². The Balaban J connectivity index is 0.000000143. The van der Waals surface area contributed by atoms with Gasteiger partial charge in [-0.25, -0.2) is 0 Å². The SMILES string of the molecule is CC1(C)c2ccccc2-c2cc(N3c4ccccc4-c4cccc5c(N(c6cc(-c7ccccc7)cc(-c7ccccc7)c6)c6ccc7c(c6)C(C)(C)c6ccccc6-7)ccc(c45)-c4ccccc43)ccc21.CC1(C)c2ccccc2-c2cc(N3c4ccccc4-c4cccc5c(N(c6ccc(-c7ccccc7)cc6)c6ccc7c(c6)C(C)(C)c6ccccc6-7)ccc(c45)-c4ccccc43)ccc21. The van der Waals surface area contributed by atoms with Gasteiger partial charge in [0.2, 0.25) is 0 Å². The molecule has 21 aromatic rings. The molecule has 4 heteroatoms. The molecule has 656 valence electrons. The molecule has 0 amide bonds. The Bertz CT molecular complexity index is 8420. The quantitative estimate of drug-likeness (QED) is 0.128. The van der Waals surface area contributed by atoms with Crippen molar-refractivity contribution in [2.75, 3.05) is 19.6 Å². The standard InChI is InChI=1S/C70H52N2.C64H48N2/c1-69(2)62-31-16-12-25-53(62)60-43-49(35-38-63(60)69)72-65-32-17-13-26-55(65)57-28-19-29-59-67(39-37-58(68(57)59)56-27-14-18-33-66(56)72)71(50-34-36-54-52-24-11-15-30-61(52)70(3,4)64(54)44-50)51-41-47(45-20-7-5-8-21-45)40-48(42-51)46-22-9-6-10-23-46;1-63(2)56-26-13-9-20-47(56)54-39-44(34-37-57(54)63)66-59-27-14-10-21-49(59)51-23-16-24-53-61(38-36-52(62(51)53)50-22-11-15-28-60(50)66)65(43-31-29-42(30-32-43)41-17-6-5-7-18-41)45-33-35-48-46-19-8-12-25-55(46)64(3,4)58(48)40-45/h5-44H,1-4H3;5-40H,1-4H3. The number of benzene rings is 21. The predicted molar refractivity (Wildman–Crippen MR) is 582 cm³/mol.